The minimum Gasteiger partial charge on any atom is -0.466 e. The summed E-state index contributed by atoms with van der Waals surface area (Å²) in [4.78, 5) is 12.4. The Labute approximate surface area is 241 Å². The number of hydrogen-bond donors (Lipinski definition) is 1. The highest BCUT2D eigenvalue weighted by Crippen LogP contribution is 2.25. The number of aryl methyl sites for hydroxylation is 1. The lowest BCUT2D eigenvalue weighted by Gasteiger charge is -2.34. The molecule has 40 heavy (non-hydrogen) atoms. The summed E-state index contributed by atoms with van der Waals surface area (Å²) in [5.74, 6) is -0.202. The smallest absolute Gasteiger partial charge is 0.466 e. The van der Waals surface area contributed by atoms with Gasteiger partial charge >= 0.3 is 14.8 Å². The molecule has 0 atom stereocenters. The summed E-state index contributed by atoms with van der Waals surface area (Å²) in [6.07, 6.45) is 1.59. The van der Waals surface area contributed by atoms with Crippen LogP contribution in [0.15, 0.2) is 78.9 Å². The van der Waals surface area contributed by atoms with Gasteiger partial charge in [0, 0.05) is 42.2 Å². The zero-order valence-corrected chi connectivity index (χ0v) is 25.8. The van der Waals surface area contributed by atoms with Gasteiger partial charge < -0.3 is 23.3 Å². The predicted molar refractivity (Wildman–Crippen MR) is 165 cm³/mol. The number of anilines is 2. The van der Waals surface area contributed by atoms with Crippen LogP contribution >= 0.6 is 0 Å². The van der Waals surface area contributed by atoms with Gasteiger partial charge in [-0.25, -0.2) is 0 Å². The molecular weight excluding hydrogens is 518 g/mol. The number of hydrogen-bond acceptors (Lipinski definition) is 6. The zero-order chi connectivity index (χ0) is 29.0. The number of carbonyl (C=O) groups is 1. The molecule has 0 aliphatic heterocycles. The van der Waals surface area contributed by atoms with Crippen molar-refractivity contribution in [2.24, 2.45) is 0 Å². The minimum atomic E-state index is -2.88. The Bertz CT molecular complexity index is 1120. The molecule has 7 heteroatoms. The standard InChI is InChI=1S/C33H45NO5Si/c1-25(2)37-40(38-26(3)4,39-27(5)6)24-10-23-36-33(35)22-15-28-13-18-31(19-14-28)34-32-20-16-30(17-21-32)29-11-8-7-9-12-29/h7-9,11-14,16-21,25-27,34H,10,15,22-24H2,1-6H3. The fourth-order valence-electron chi connectivity index (χ4n) is 4.43. The van der Waals surface area contributed by atoms with Gasteiger partial charge in [0.15, 0.2) is 0 Å². The molecular formula is C33H45NO5Si. The van der Waals surface area contributed by atoms with Crippen molar-refractivity contribution < 1.29 is 22.8 Å². The van der Waals surface area contributed by atoms with Crippen LogP contribution in [0.4, 0.5) is 11.4 Å². The minimum absolute atomic E-state index is 0.00602. The van der Waals surface area contributed by atoms with Gasteiger partial charge in [-0.05, 0) is 95.3 Å². The van der Waals surface area contributed by atoms with E-state index in [1.807, 2.05) is 84.0 Å². The molecule has 0 radical (unpaired) electrons. The summed E-state index contributed by atoms with van der Waals surface area (Å²) in [5, 5.41) is 3.44. The number of nitrogens with one attached hydrogen (secondary N) is 1. The van der Waals surface area contributed by atoms with Crippen molar-refractivity contribution in [1.82, 2.24) is 0 Å². The van der Waals surface area contributed by atoms with Crippen LogP contribution in [0.1, 0.15) is 59.9 Å². The highest BCUT2D eigenvalue weighted by molar-refractivity contribution is 6.60. The van der Waals surface area contributed by atoms with E-state index in [0.717, 1.165) is 16.9 Å². The van der Waals surface area contributed by atoms with Gasteiger partial charge in [0.2, 0.25) is 0 Å². The second kappa shape index (κ2) is 15.7. The van der Waals surface area contributed by atoms with Gasteiger partial charge in [-0.1, -0.05) is 54.6 Å². The van der Waals surface area contributed by atoms with Gasteiger partial charge in [0.25, 0.3) is 0 Å². The Morgan fingerprint density at radius 1 is 0.700 bits per heavy atom. The van der Waals surface area contributed by atoms with Crippen molar-refractivity contribution in [3.8, 4) is 11.1 Å². The van der Waals surface area contributed by atoms with Gasteiger partial charge in [0.05, 0.1) is 6.61 Å². The van der Waals surface area contributed by atoms with Crippen LogP contribution < -0.4 is 5.32 Å². The first-order chi connectivity index (χ1) is 19.1. The third kappa shape index (κ3) is 10.9. The molecule has 0 amide bonds. The molecule has 3 aromatic carbocycles. The lowest BCUT2D eigenvalue weighted by molar-refractivity contribution is -0.143. The van der Waals surface area contributed by atoms with Crippen LogP contribution in [0.3, 0.4) is 0 Å². The Hall–Kier alpha value is -2.97. The highest BCUT2D eigenvalue weighted by atomic mass is 28.4. The van der Waals surface area contributed by atoms with E-state index in [1.165, 1.54) is 11.1 Å². The van der Waals surface area contributed by atoms with Gasteiger partial charge in [-0.2, -0.15) is 0 Å². The average molecular weight is 564 g/mol. The van der Waals surface area contributed by atoms with Crippen molar-refractivity contribution in [2.75, 3.05) is 11.9 Å². The molecule has 0 spiro atoms. The number of esters is 1. The SMILES string of the molecule is CC(C)O[Si](CCCOC(=O)CCc1ccc(Nc2ccc(-c3ccccc3)cc2)cc1)(OC(C)C)OC(C)C. The van der Waals surface area contributed by atoms with Crippen molar-refractivity contribution in [1.29, 1.82) is 0 Å². The van der Waals surface area contributed by atoms with E-state index in [4.69, 9.17) is 18.0 Å². The lowest BCUT2D eigenvalue weighted by Crippen LogP contribution is -2.50. The van der Waals surface area contributed by atoms with E-state index < -0.39 is 8.80 Å². The topological polar surface area (TPSA) is 66.0 Å². The maximum absolute atomic E-state index is 12.4. The van der Waals surface area contributed by atoms with Gasteiger partial charge in [-0.3, -0.25) is 4.79 Å². The Kier molecular flexibility index (Phi) is 12.4. The summed E-state index contributed by atoms with van der Waals surface area (Å²) < 4.78 is 24.1. The summed E-state index contributed by atoms with van der Waals surface area (Å²) >= 11 is 0. The van der Waals surface area contributed by atoms with E-state index in [-0.39, 0.29) is 24.3 Å². The third-order valence-corrected chi connectivity index (χ3v) is 9.45. The monoisotopic (exact) mass is 563 g/mol. The molecule has 6 nitrogen and oxygen atoms in total. The fraction of sp³-hybridized carbons (Fsp3) is 0.424. The van der Waals surface area contributed by atoms with Crippen molar-refractivity contribution in [3.05, 3.63) is 84.4 Å². The van der Waals surface area contributed by atoms with E-state index >= 15 is 0 Å². The van der Waals surface area contributed by atoms with Crippen LogP contribution in [-0.2, 0) is 29.2 Å². The van der Waals surface area contributed by atoms with E-state index in [9.17, 15) is 4.79 Å². The Morgan fingerprint density at radius 3 is 1.73 bits per heavy atom. The molecule has 0 unspecified atom stereocenters. The molecule has 3 aromatic rings. The van der Waals surface area contributed by atoms with E-state index in [2.05, 4.69) is 41.7 Å². The van der Waals surface area contributed by atoms with Crippen LogP contribution in [-0.4, -0.2) is 39.7 Å². The van der Waals surface area contributed by atoms with Crippen LogP contribution in [0.2, 0.25) is 6.04 Å². The van der Waals surface area contributed by atoms with Crippen molar-refractivity contribution in [2.45, 2.75) is 85.2 Å². The maximum Gasteiger partial charge on any atom is 0.501 e. The molecule has 0 heterocycles. The molecule has 0 aliphatic rings. The number of benzene rings is 3. The lowest BCUT2D eigenvalue weighted by atomic mass is 10.1. The molecule has 0 saturated heterocycles. The molecule has 1 N–H and O–H groups in total. The van der Waals surface area contributed by atoms with Crippen LogP contribution in [0, 0.1) is 0 Å². The second-order valence-electron chi connectivity index (χ2n) is 10.8. The van der Waals surface area contributed by atoms with Gasteiger partial charge in [0.1, 0.15) is 0 Å². The zero-order valence-electron chi connectivity index (χ0n) is 24.8. The molecule has 3 rings (SSSR count). The fourth-order valence-corrected chi connectivity index (χ4v) is 7.68. The molecule has 0 bridgehead atoms. The molecule has 0 fully saturated rings. The number of ether oxygens (including phenoxy) is 1. The normalized spacial score (nSPS) is 11.8. The molecule has 0 saturated carbocycles. The highest BCUT2D eigenvalue weighted by Gasteiger charge is 2.43. The van der Waals surface area contributed by atoms with Gasteiger partial charge in [-0.15, -0.1) is 0 Å². The summed E-state index contributed by atoms with van der Waals surface area (Å²) in [5.41, 5.74) is 5.51. The van der Waals surface area contributed by atoms with Crippen molar-refractivity contribution >= 4 is 26.1 Å². The molecule has 0 aliphatic carbocycles. The first-order valence-corrected chi connectivity index (χ1v) is 16.3. The van der Waals surface area contributed by atoms with E-state index in [1.54, 1.807) is 0 Å². The second-order valence-corrected chi connectivity index (χ2v) is 13.3. The van der Waals surface area contributed by atoms with Crippen LogP contribution in [0.5, 0.6) is 0 Å². The Balaban J connectivity index is 1.42. The van der Waals surface area contributed by atoms with Crippen molar-refractivity contribution in [3.63, 3.8) is 0 Å². The predicted octanol–water partition coefficient (Wildman–Crippen LogP) is 8.18. The molecule has 216 valence electrons. The van der Waals surface area contributed by atoms with E-state index in [0.29, 0.717) is 31.9 Å². The number of rotatable bonds is 16. The molecule has 0 aromatic heterocycles. The first-order valence-electron chi connectivity index (χ1n) is 14.3. The van der Waals surface area contributed by atoms with Crippen LogP contribution in [0.25, 0.3) is 11.1 Å². The first kappa shape index (κ1) is 31.6. The number of carbonyl (C=O) groups excluding carboxylic acids is 1. The largest absolute Gasteiger partial charge is 0.501 e. The Morgan fingerprint density at radius 2 is 1.20 bits per heavy atom. The summed E-state index contributed by atoms with van der Waals surface area (Å²) in [7, 11) is -2.88. The summed E-state index contributed by atoms with van der Waals surface area (Å²) in [6, 6.07) is 27.5. The summed E-state index contributed by atoms with van der Waals surface area (Å²) in [6.45, 7) is 12.2. The average Bonchev–Trinajstić information content (AvgIpc) is 2.90. The maximum atomic E-state index is 12.4. The quantitative estimate of drug-likeness (QED) is 0.108. The third-order valence-electron chi connectivity index (χ3n) is 5.99.